The van der Waals surface area contributed by atoms with Crippen molar-refractivity contribution >= 4 is 11.8 Å². The summed E-state index contributed by atoms with van der Waals surface area (Å²) in [6, 6.07) is 0. The van der Waals surface area contributed by atoms with Crippen molar-refractivity contribution in [2.24, 2.45) is 0 Å². The molecule has 106 valence electrons. The molecule has 0 radical (unpaired) electrons. The second-order valence-corrected chi connectivity index (χ2v) is 7.57. The monoisotopic (exact) mass is 272 g/mol. The maximum absolute atomic E-state index is 5.96. The van der Waals surface area contributed by atoms with Gasteiger partial charge in [-0.1, -0.05) is 13.8 Å². The van der Waals surface area contributed by atoms with Gasteiger partial charge in [0, 0.05) is 36.7 Å². The third kappa shape index (κ3) is 5.08. The molecule has 4 heteroatoms. The molecule has 2 saturated heterocycles. The number of nitrogens with zero attached hydrogens (tertiary/aromatic N) is 1. The van der Waals surface area contributed by atoms with Crippen molar-refractivity contribution in [2.75, 3.05) is 39.3 Å². The first-order valence-corrected chi connectivity index (χ1v) is 8.38. The summed E-state index contributed by atoms with van der Waals surface area (Å²) in [5, 5.41) is 4.96. The number of nitrogens with one attached hydrogen (secondary N) is 1. The van der Waals surface area contributed by atoms with Crippen molar-refractivity contribution in [1.29, 1.82) is 0 Å². The minimum absolute atomic E-state index is 0.515. The summed E-state index contributed by atoms with van der Waals surface area (Å²) < 4.78 is 5.96. The van der Waals surface area contributed by atoms with Gasteiger partial charge in [0.2, 0.25) is 0 Å². The van der Waals surface area contributed by atoms with Gasteiger partial charge in [-0.2, -0.15) is 11.8 Å². The minimum Gasteiger partial charge on any atom is -0.378 e. The first-order valence-electron chi connectivity index (χ1n) is 7.44. The SMILES string of the molecule is CC1CN(CCCOC2CCNCC2)CC(C)S1. The van der Waals surface area contributed by atoms with Crippen LogP contribution in [0.25, 0.3) is 0 Å². The Morgan fingerprint density at radius 1 is 1.17 bits per heavy atom. The fraction of sp³-hybridized carbons (Fsp3) is 1.00. The average molecular weight is 272 g/mol. The van der Waals surface area contributed by atoms with Gasteiger partial charge in [0.05, 0.1) is 6.10 Å². The first-order chi connectivity index (χ1) is 8.74. The van der Waals surface area contributed by atoms with Crippen LogP contribution < -0.4 is 5.32 Å². The van der Waals surface area contributed by atoms with Crippen LogP contribution in [0, 0.1) is 0 Å². The summed E-state index contributed by atoms with van der Waals surface area (Å²) in [6.07, 6.45) is 4.08. The quantitative estimate of drug-likeness (QED) is 0.774. The van der Waals surface area contributed by atoms with Crippen molar-refractivity contribution in [1.82, 2.24) is 10.2 Å². The highest BCUT2D eigenvalue weighted by Gasteiger charge is 2.21. The largest absolute Gasteiger partial charge is 0.378 e. The molecule has 0 aliphatic carbocycles. The van der Waals surface area contributed by atoms with Crippen LogP contribution in [-0.2, 0) is 4.74 Å². The summed E-state index contributed by atoms with van der Waals surface area (Å²) in [4.78, 5) is 2.61. The zero-order valence-corrected chi connectivity index (χ0v) is 12.7. The van der Waals surface area contributed by atoms with Crippen LogP contribution in [0.1, 0.15) is 33.1 Å². The topological polar surface area (TPSA) is 24.5 Å². The maximum atomic E-state index is 5.96. The van der Waals surface area contributed by atoms with Crippen LogP contribution >= 0.6 is 11.8 Å². The highest BCUT2D eigenvalue weighted by molar-refractivity contribution is 8.00. The summed E-state index contributed by atoms with van der Waals surface area (Å²) in [5.41, 5.74) is 0. The van der Waals surface area contributed by atoms with Gasteiger partial charge in [0.1, 0.15) is 0 Å². The molecule has 2 aliphatic heterocycles. The maximum Gasteiger partial charge on any atom is 0.0599 e. The normalized spacial score (nSPS) is 31.7. The van der Waals surface area contributed by atoms with Gasteiger partial charge in [-0.15, -0.1) is 0 Å². The molecular weight excluding hydrogens is 244 g/mol. The Balaban J connectivity index is 1.54. The van der Waals surface area contributed by atoms with Gasteiger partial charge in [-0.3, -0.25) is 0 Å². The second-order valence-electron chi connectivity index (χ2n) is 5.69. The molecule has 0 saturated carbocycles. The van der Waals surface area contributed by atoms with E-state index in [4.69, 9.17) is 4.74 Å². The minimum atomic E-state index is 0.515. The van der Waals surface area contributed by atoms with Gasteiger partial charge in [-0.25, -0.2) is 0 Å². The van der Waals surface area contributed by atoms with E-state index in [9.17, 15) is 0 Å². The standard InChI is InChI=1S/C14H28N2OS/c1-12-10-16(11-13(2)18-12)8-3-9-17-14-4-6-15-7-5-14/h12-15H,3-11H2,1-2H3. The average Bonchev–Trinajstić information content (AvgIpc) is 2.35. The van der Waals surface area contributed by atoms with Crippen LogP contribution in [0.2, 0.25) is 0 Å². The zero-order chi connectivity index (χ0) is 12.8. The van der Waals surface area contributed by atoms with Gasteiger partial charge >= 0.3 is 0 Å². The number of hydrogen-bond donors (Lipinski definition) is 1. The molecule has 2 unspecified atom stereocenters. The number of rotatable bonds is 5. The first kappa shape index (κ1) is 14.6. The van der Waals surface area contributed by atoms with Crippen LogP contribution in [0.3, 0.4) is 0 Å². The summed E-state index contributed by atoms with van der Waals surface area (Å²) in [5.74, 6) is 0. The van der Waals surface area contributed by atoms with Crippen LogP contribution in [0.15, 0.2) is 0 Å². The van der Waals surface area contributed by atoms with Crippen molar-refractivity contribution < 1.29 is 4.74 Å². The van der Waals surface area contributed by atoms with E-state index in [-0.39, 0.29) is 0 Å². The molecule has 0 bridgehead atoms. The van der Waals surface area contributed by atoms with Crippen LogP contribution in [-0.4, -0.2) is 60.8 Å². The van der Waals surface area contributed by atoms with E-state index < -0.39 is 0 Å². The highest BCUT2D eigenvalue weighted by atomic mass is 32.2. The molecule has 3 nitrogen and oxygen atoms in total. The molecule has 2 heterocycles. The molecule has 0 aromatic carbocycles. The molecule has 2 atom stereocenters. The second kappa shape index (κ2) is 7.73. The van der Waals surface area contributed by atoms with Crippen molar-refractivity contribution in [3.05, 3.63) is 0 Å². The van der Waals surface area contributed by atoms with Crippen molar-refractivity contribution in [2.45, 2.75) is 49.7 Å². The summed E-state index contributed by atoms with van der Waals surface area (Å²) in [6.45, 7) is 11.6. The third-order valence-electron chi connectivity index (χ3n) is 3.75. The Kier molecular flexibility index (Phi) is 6.29. The molecule has 18 heavy (non-hydrogen) atoms. The molecule has 1 N–H and O–H groups in total. The fourth-order valence-electron chi connectivity index (χ4n) is 2.97. The fourth-order valence-corrected chi connectivity index (χ4v) is 4.35. The van der Waals surface area contributed by atoms with E-state index in [2.05, 4.69) is 35.8 Å². The van der Waals surface area contributed by atoms with Gasteiger partial charge in [-0.05, 0) is 32.4 Å². The molecule has 2 rings (SSSR count). The molecule has 0 spiro atoms. The Bertz CT molecular complexity index is 224. The van der Waals surface area contributed by atoms with Crippen molar-refractivity contribution in [3.63, 3.8) is 0 Å². The molecule has 0 aromatic heterocycles. The smallest absolute Gasteiger partial charge is 0.0599 e. The number of piperidine rings is 1. The van der Waals surface area contributed by atoms with Gasteiger partial charge in [0.15, 0.2) is 0 Å². The summed E-state index contributed by atoms with van der Waals surface area (Å²) >= 11 is 2.13. The predicted octanol–water partition coefficient (Wildman–Crippen LogP) is 1.97. The predicted molar refractivity (Wildman–Crippen MR) is 79.4 cm³/mol. The molecule has 0 amide bonds. The lowest BCUT2D eigenvalue weighted by Crippen LogP contribution is -2.41. The number of thioether (sulfide) groups is 1. The molecule has 2 aliphatic rings. The van der Waals surface area contributed by atoms with E-state index in [0.29, 0.717) is 6.10 Å². The lowest BCUT2D eigenvalue weighted by atomic mass is 10.1. The third-order valence-corrected chi connectivity index (χ3v) is 4.98. The van der Waals surface area contributed by atoms with Crippen LogP contribution in [0.5, 0.6) is 0 Å². The van der Waals surface area contributed by atoms with E-state index in [1.54, 1.807) is 0 Å². The van der Waals surface area contributed by atoms with Gasteiger partial charge < -0.3 is 15.0 Å². The lowest BCUT2D eigenvalue weighted by molar-refractivity contribution is 0.0277. The van der Waals surface area contributed by atoms with Gasteiger partial charge in [0.25, 0.3) is 0 Å². The highest BCUT2D eigenvalue weighted by Crippen LogP contribution is 2.24. The zero-order valence-electron chi connectivity index (χ0n) is 11.9. The van der Waals surface area contributed by atoms with E-state index in [1.807, 2.05) is 0 Å². The molecule has 0 aromatic rings. The van der Waals surface area contributed by atoms with Crippen LogP contribution in [0.4, 0.5) is 0 Å². The van der Waals surface area contributed by atoms with E-state index in [0.717, 1.165) is 30.2 Å². The summed E-state index contributed by atoms with van der Waals surface area (Å²) in [7, 11) is 0. The molecule has 2 fully saturated rings. The van der Waals surface area contributed by atoms with E-state index in [1.165, 1.54) is 38.9 Å². The van der Waals surface area contributed by atoms with Crippen molar-refractivity contribution in [3.8, 4) is 0 Å². The Morgan fingerprint density at radius 3 is 2.50 bits per heavy atom. The number of ether oxygens (including phenoxy) is 1. The van der Waals surface area contributed by atoms with E-state index >= 15 is 0 Å². The Hall–Kier alpha value is 0.230. The Labute approximate surface area is 116 Å². The lowest BCUT2D eigenvalue weighted by Gasteiger charge is -2.34. The number of hydrogen-bond acceptors (Lipinski definition) is 4. The molecular formula is C14H28N2OS. The Morgan fingerprint density at radius 2 is 1.83 bits per heavy atom.